The van der Waals surface area contributed by atoms with Crippen LogP contribution in [0, 0.1) is 5.92 Å². The van der Waals surface area contributed by atoms with Crippen LogP contribution in [0.5, 0.6) is 0 Å². The van der Waals surface area contributed by atoms with E-state index >= 15 is 0 Å². The first-order valence-corrected chi connectivity index (χ1v) is 9.11. The summed E-state index contributed by atoms with van der Waals surface area (Å²) in [6.45, 7) is 5.98. The maximum atomic E-state index is 12.6. The molecule has 1 aliphatic rings. The number of rotatable bonds is 4. The largest absolute Gasteiger partial charge is 0.338 e. The molecule has 0 radical (unpaired) electrons. The molecule has 0 aliphatic carbocycles. The van der Waals surface area contributed by atoms with Crippen LogP contribution in [0.2, 0.25) is 0 Å². The predicted molar refractivity (Wildman–Crippen MR) is 92.8 cm³/mol. The second-order valence-electron chi connectivity index (χ2n) is 6.59. The molecule has 1 aromatic heterocycles. The summed E-state index contributed by atoms with van der Waals surface area (Å²) in [5.74, 6) is 1.05. The second kappa shape index (κ2) is 7.21. The first-order chi connectivity index (χ1) is 11.1. The monoisotopic (exact) mass is 329 g/mol. The zero-order valence-electron chi connectivity index (χ0n) is 13.7. The van der Waals surface area contributed by atoms with Gasteiger partial charge >= 0.3 is 0 Å². The fourth-order valence-electron chi connectivity index (χ4n) is 2.99. The van der Waals surface area contributed by atoms with Gasteiger partial charge < -0.3 is 4.90 Å². The van der Waals surface area contributed by atoms with Crippen molar-refractivity contribution in [3.63, 3.8) is 0 Å². The second-order valence-corrected chi connectivity index (χ2v) is 7.68. The van der Waals surface area contributed by atoms with Gasteiger partial charge in [-0.1, -0.05) is 32.0 Å². The molecule has 1 saturated heterocycles. The fraction of sp³-hybridized carbons (Fsp3) is 0.500. The van der Waals surface area contributed by atoms with Gasteiger partial charge in [0.2, 0.25) is 0 Å². The lowest BCUT2D eigenvalue weighted by Crippen LogP contribution is -2.39. The SMILES string of the molecule is CC(C)Cc1nnc(C2CCCN(C(=O)c3ccccc3)C2)s1. The molecule has 3 rings (SSSR count). The first-order valence-electron chi connectivity index (χ1n) is 8.30. The number of nitrogens with zero attached hydrogens (tertiary/aromatic N) is 3. The van der Waals surface area contributed by atoms with Gasteiger partial charge in [-0.25, -0.2) is 0 Å². The van der Waals surface area contributed by atoms with Crippen molar-refractivity contribution in [2.75, 3.05) is 13.1 Å². The molecule has 0 saturated carbocycles. The Kier molecular flexibility index (Phi) is 5.06. The van der Waals surface area contributed by atoms with Gasteiger partial charge in [0.15, 0.2) is 0 Å². The number of carbonyl (C=O) groups excluding carboxylic acids is 1. The highest BCUT2D eigenvalue weighted by molar-refractivity contribution is 7.11. The lowest BCUT2D eigenvalue weighted by atomic mass is 9.98. The molecule has 0 bridgehead atoms. The molecule has 4 nitrogen and oxygen atoms in total. The van der Waals surface area contributed by atoms with Crippen LogP contribution in [0.3, 0.4) is 0 Å². The van der Waals surface area contributed by atoms with Gasteiger partial charge in [0.25, 0.3) is 5.91 Å². The summed E-state index contributed by atoms with van der Waals surface area (Å²) in [5, 5.41) is 10.9. The number of benzene rings is 1. The molecule has 1 atom stereocenters. The van der Waals surface area contributed by atoms with Crippen LogP contribution in [0.4, 0.5) is 0 Å². The Bertz CT molecular complexity index is 653. The van der Waals surface area contributed by atoms with E-state index in [2.05, 4.69) is 24.0 Å². The minimum absolute atomic E-state index is 0.127. The summed E-state index contributed by atoms with van der Waals surface area (Å²) in [6, 6.07) is 9.54. The van der Waals surface area contributed by atoms with E-state index in [1.54, 1.807) is 11.3 Å². The van der Waals surface area contributed by atoms with Gasteiger partial charge in [-0.15, -0.1) is 21.5 Å². The van der Waals surface area contributed by atoms with Gasteiger partial charge in [-0.3, -0.25) is 4.79 Å². The number of hydrogen-bond acceptors (Lipinski definition) is 4. The summed E-state index contributed by atoms with van der Waals surface area (Å²) in [4.78, 5) is 14.6. The predicted octanol–water partition coefficient (Wildman–Crippen LogP) is 3.76. The van der Waals surface area contributed by atoms with Crippen molar-refractivity contribution in [3.8, 4) is 0 Å². The molecular weight excluding hydrogens is 306 g/mol. The van der Waals surface area contributed by atoms with E-state index in [1.165, 1.54) is 0 Å². The maximum Gasteiger partial charge on any atom is 0.253 e. The number of likely N-dealkylation sites (tertiary alicyclic amines) is 1. The number of carbonyl (C=O) groups is 1. The normalized spacial score (nSPS) is 18.4. The molecule has 1 amide bonds. The molecule has 2 heterocycles. The van der Waals surface area contributed by atoms with Gasteiger partial charge in [-0.05, 0) is 30.9 Å². The van der Waals surface area contributed by atoms with Crippen LogP contribution >= 0.6 is 11.3 Å². The van der Waals surface area contributed by atoms with Crippen molar-refractivity contribution in [3.05, 3.63) is 45.9 Å². The maximum absolute atomic E-state index is 12.6. The summed E-state index contributed by atoms with van der Waals surface area (Å²) in [7, 11) is 0. The van der Waals surface area contributed by atoms with Crippen molar-refractivity contribution in [2.24, 2.45) is 5.92 Å². The summed E-state index contributed by atoms with van der Waals surface area (Å²) < 4.78 is 0. The van der Waals surface area contributed by atoms with Gasteiger partial charge in [0, 0.05) is 31.0 Å². The third kappa shape index (κ3) is 3.96. The van der Waals surface area contributed by atoms with E-state index in [4.69, 9.17) is 0 Å². The topological polar surface area (TPSA) is 46.1 Å². The zero-order valence-corrected chi connectivity index (χ0v) is 14.6. The molecule has 1 aliphatic heterocycles. The van der Waals surface area contributed by atoms with Crippen molar-refractivity contribution in [1.29, 1.82) is 0 Å². The molecule has 5 heteroatoms. The Labute approximate surface area is 141 Å². The number of amides is 1. The smallest absolute Gasteiger partial charge is 0.253 e. The van der Waals surface area contributed by atoms with Gasteiger partial charge in [-0.2, -0.15) is 0 Å². The number of hydrogen-bond donors (Lipinski definition) is 0. The van der Waals surface area contributed by atoms with E-state index in [1.807, 2.05) is 35.2 Å². The van der Waals surface area contributed by atoms with Crippen LogP contribution in [0.15, 0.2) is 30.3 Å². The van der Waals surface area contributed by atoms with E-state index in [0.29, 0.717) is 11.8 Å². The zero-order chi connectivity index (χ0) is 16.2. The summed E-state index contributed by atoms with van der Waals surface area (Å²) in [6.07, 6.45) is 3.11. The molecule has 0 N–H and O–H groups in total. The van der Waals surface area contributed by atoms with E-state index in [9.17, 15) is 4.79 Å². The summed E-state index contributed by atoms with van der Waals surface area (Å²) >= 11 is 1.72. The average molecular weight is 329 g/mol. The van der Waals surface area contributed by atoms with Crippen molar-refractivity contribution in [2.45, 2.75) is 39.0 Å². The van der Waals surface area contributed by atoms with E-state index in [0.717, 1.165) is 47.9 Å². The average Bonchev–Trinajstić information content (AvgIpc) is 3.03. The van der Waals surface area contributed by atoms with Crippen LogP contribution in [-0.4, -0.2) is 34.1 Å². The Morgan fingerprint density at radius 2 is 2.09 bits per heavy atom. The first kappa shape index (κ1) is 16.1. The highest BCUT2D eigenvalue weighted by atomic mass is 32.1. The molecule has 0 spiro atoms. The molecule has 23 heavy (non-hydrogen) atoms. The minimum Gasteiger partial charge on any atom is -0.338 e. The highest BCUT2D eigenvalue weighted by Gasteiger charge is 2.27. The fourth-order valence-corrected chi connectivity index (χ4v) is 4.17. The van der Waals surface area contributed by atoms with Gasteiger partial charge in [0.05, 0.1) is 0 Å². The molecule has 1 fully saturated rings. The third-order valence-corrected chi connectivity index (χ3v) is 5.25. The van der Waals surface area contributed by atoms with E-state index < -0.39 is 0 Å². The van der Waals surface area contributed by atoms with Gasteiger partial charge in [0.1, 0.15) is 10.0 Å². The van der Waals surface area contributed by atoms with Crippen LogP contribution < -0.4 is 0 Å². The quantitative estimate of drug-likeness (QED) is 0.858. The van der Waals surface area contributed by atoms with Crippen LogP contribution in [-0.2, 0) is 6.42 Å². The van der Waals surface area contributed by atoms with Crippen molar-refractivity contribution < 1.29 is 4.79 Å². The Balaban J connectivity index is 1.68. The van der Waals surface area contributed by atoms with Crippen LogP contribution in [0.25, 0.3) is 0 Å². The number of aromatic nitrogens is 2. The standard InChI is InChI=1S/C18H23N3OS/c1-13(2)11-16-19-20-17(23-16)15-9-6-10-21(12-15)18(22)14-7-4-3-5-8-14/h3-5,7-8,13,15H,6,9-12H2,1-2H3. The van der Waals surface area contributed by atoms with E-state index in [-0.39, 0.29) is 5.91 Å². The Hall–Kier alpha value is -1.75. The Morgan fingerprint density at radius 1 is 1.30 bits per heavy atom. The number of piperidine rings is 1. The van der Waals surface area contributed by atoms with Crippen molar-refractivity contribution >= 4 is 17.2 Å². The molecular formula is C18H23N3OS. The lowest BCUT2D eigenvalue weighted by molar-refractivity contribution is 0.0707. The molecule has 1 aromatic carbocycles. The van der Waals surface area contributed by atoms with Crippen molar-refractivity contribution in [1.82, 2.24) is 15.1 Å². The highest BCUT2D eigenvalue weighted by Crippen LogP contribution is 2.30. The molecule has 2 aromatic rings. The third-order valence-electron chi connectivity index (χ3n) is 4.14. The minimum atomic E-state index is 0.127. The molecule has 1 unspecified atom stereocenters. The molecule has 122 valence electrons. The summed E-state index contributed by atoms with van der Waals surface area (Å²) in [5.41, 5.74) is 0.769. The Morgan fingerprint density at radius 3 is 2.83 bits per heavy atom. The van der Waals surface area contributed by atoms with Crippen LogP contribution in [0.1, 0.15) is 53.0 Å². The lowest BCUT2D eigenvalue weighted by Gasteiger charge is -2.31.